The summed E-state index contributed by atoms with van der Waals surface area (Å²) in [5.41, 5.74) is 1.83. The Morgan fingerprint density at radius 2 is 1.81 bits per heavy atom. The van der Waals surface area contributed by atoms with E-state index in [4.69, 9.17) is 0 Å². The van der Waals surface area contributed by atoms with Crippen molar-refractivity contribution in [3.8, 4) is 0 Å². The maximum Gasteiger partial charge on any atom is 0.243 e. The van der Waals surface area contributed by atoms with E-state index < -0.39 is 0 Å². The number of anilines is 1. The molecule has 0 heterocycles. The molecular formula is C20H23FN2O2S. The van der Waals surface area contributed by atoms with Crippen LogP contribution in [0.15, 0.2) is 53.4 Å². The summed E-state index contributed by atoms with van der Waals surface area (Å²) in [6.07, 6.45) is 1.06. The molecule has 2 amide bonds. The first-order chi connectivity index (χ1) is 12.5. The lowest BCUT2D eigenvalue weighted by molar-refractivity contribution is -0.132. The molecule has 6 heteroatoms. The fraction of sp³-hybridized carbons (Fsp3) is 0.300. The van der Waals surface area contributed by atoms with Crippen LogP contribution in [-0.4, -0.2) is 36.1 Å². The molecule has 2 aromatic carbocycles. The summed E-state index contributed by atoms with van der Waals surface area (Å²) in [5.74, 6) is -0.201. The number of hydrogen-bond donors (Lipinski definition) is 1. The molecule has 0 atom stereocenters. The Kier molecular flexibility index (Phi) is 7.66. The first-order valence-electron chi connectivity index (χ1n) is 8.50. The number of hydrogen-bond acceptors (Lipinski definition) is 3. The van der Waals surface area contributed by atoms with Gasteiger partial charge in [0.15, 0.2) is 0 Å². The Balaban J connectivity index is 1.79. The minimum Gasteiger partial charge on any atom is -0.336 e. The Bertz CT molecular complexity index is 767. The van der Waals surface area contributed by atoms with Gasteiger partial charge < -0.3 is 10.2 Å². The monoisotopic (exact) mass is 374 g/mol. The van der Waals surface area contributed by atoms with Crippen LogP contribution < -0.4 is 5.32 Å². The summed E-state index contributed by atoms with van der Waals surface area (Å²) in [4.78, 5) is 26.3. The summed E-state index contributed by atoms with van der Waals surface area (Å²) >= 11 is 1.30. The second-order valence-corrected chi connectivity index (χ2v) is 6.97. The van der Waals surface area contributed by atoms with Gasteiger partial charge in [0.25, 0.3) is 0 Å². The van der Waals surface area contributed by atoms with Crippen molar-refractivity contribution in [1.82, 2.24) is 4.90 Å². The van der Waals surface area contributed by atoms with E-state index in [1.807, 2.05) is 31.2 Å². The van der Waals surface area contributed by atoms with Crippen LogP contribution in [0.2, 0.25) is 0 Å². The van der Waals surface area contributed by atoms with Crippen LogP contribution >= 0.6 is 11.8 Å². The van der Waals surface area contributed by atoms with E-state index in [-0.39, 0.29) is 30.6 Å². The lowest BCUT2D eigenvalue weighted by Crippen LogP contribution is -2.35. The highest BCUT2D eigenvalue weighted by Gasteiger charge is 2.14. The molecule has 0 aliphatic carbocycles. The maximum absolute atomic E-state index is 13.5. The Morgan fingerprint density at radius 3 is 2.54 bits per heavy atom. The highest BCUT2D eigenvalue weighted by molar-refractivity contribution is 7.99. The van der Waals surface area contributed by atoms with Crippen molar-refractivity contribution in [2.45, 2.75) is 24.7 Å². The summed E-state index contributed by atoms with van der Waals surface area (Å²) < 4.78 is 13.5. The van der Waals surface area contributed by atoms with Crippen molar-refractivity contribution in [3.63, 3.8) is 0 Å². The molecule has 4 nitrogen and oxygen atoms in total. The number of halogens is 1. The van der Waals surface area contributed by atoms with E-state index in [1.165, 1.54) is 22.7 Å². The maximum atomic E-state index is 13.5. The molecule has 0 bridgehead atoms. The molecule has 0 radical (unpaired) electrons. The highest BCUT2D eigenvalue weighted by Crippen LogP contribution is 2.22. The van der Waals surface area contributed by atoms with Crippen molar-refractivity contribution in [3.05, 3.63) is 59.9 Å². The van der Waals surface area contributed by atoms with Gasteiger partial charge >= 0.3 is 0 Å². The summed E-state index contributed by atoms with van der Waals surface area (Å²) in [6, 6.07) is 14.1. The first-order valence-corrected chi connectivity index (χ1v) is 9.49. The lowest BCUT2D eigenvalue weighted by atomic mass is 10.1. The lowest BCUT2D eigenvalue weighted by Gasteiger charge is -2.17. The summed E-state index contributed by atoms with van der Waals surface area (Å²) in [5, 5.41) is 2.85. The fourth-order valence-electron chi connectivity index (χ4n) is 2.44. The van der Waals surface area contributed by atoms with Gasteiger partial charge in [-0.1, -0.05) is 37.3 Å². The van der Waals surface area contributed by atoms with Crippen LogP contribution in [0.5, 0.6) is 0 Å². The minimum absolute atomic E-state index is 0.0127. The molecule has 0 saturated carbocycles. The number of benzene rings is 2. The molecule has 0 aromatic heterocycles. The number of likely N-dealkylation sites (N-methyl/N-ethyl adjacent to an activating group) is 1. The van der Waals surface area contributed by atoms with Gasteiger partial charge in [-0.3, -0.25) is 9.59 Å². The Labute approximate surface area is 157 Å². The standard InChI is InChI=1S/C20H23FN2O2S/c1-3-15-8-4-6-10-17(15)22-19(24)14-23(2)20(25)12-13-26-18-11-7-5-9-16(18)21/h4-11H,3,12-14H2,1-2H3,(H,22,24). The van der Waals surface area contributed by atoms with Crippen molar-refractivity contribution in [2.24, 2.45) is 0 Å². The number of carbonyl (C=O) groups excluding carboxylic acids is 2. The highest BCUT2D eigenvalue weighted by atomic mass is 32.2. The van der Waals surface area contributed by atoms with Crippen molar-refractivity contribution < 1.29 is 14.0 Å². The topological polar surface area (TPSA) is 49.4 Å². The molecule has 2 aromatic rings. The van der Waals surface area contributed by atoms with Crippen molar-refractivity contribution in [2.75, 3.05) is 24.7 Å². The van der Waals surface area contributed by atoms with Gasteiger partial charge in [0.1, 0.15) is 5.82 Å². The zero-order valence-electron chi connectivity index (χ0n) is 15.0. The molecular weight excluding hydrogens is 351 g/mol. The Morgan fingerprint density at radius 1 is 1.12 bits per heavy atom. The fourth-order valence-corrected chi connectivity index (χ4v) is 3.32. The average Bonchev–Trinajstić information content (AvgIpc) is 2.63. The van der Waals surface area contributed by atoms with Crippen LogP contribution in [0.25, 0.3) is 0 Å². The quantitative estimate of drug-likeness (QED) is 0.712. The molecule has 0 aliphatic heterocycles. The van der Waals surface area contributed by atoms with E-state index in [1.54, 1.807) is 25.2 Å². The largest absolute Gasteiger partial charge is 0.336 e. The van der Waals surface area contributed by atoms with E-state index in [0.717, 1.165) is 17.7 Å². The number of carbonyl (C=O) groups is 2. The number of rotatable bonds is 8. The first kappa shape index (κ1) is 20.0. The second-order valence-electron chi connectivity index (χ2n) is 5.84. The predicted octanol–water partition coefficient (Wildman–Crippen LogP) is 3.97. The molecule has 1 N–H and O–H groups in total. The third kappa shape index (κ3) is 5.88. The van der Waals surface area contributed by atoms with Gasteiger partial charge in [-0.25, -0.2) is 4.39 Å². The molecule has 138 valence electrons. The molecule has 0 fully saturated rings. The van der Waals surface area contributed by atoms with E-state index in [9.17, 15) is 14.0 Å². The molecule has 0 saturated heterocycles. The van der Waals surface area contributed by atoms with Gasteiger partial charge in [0.2, 0.25) is 11.8 Å². The van der Waals surface area contributed by atoms with Crippen molar-refractivity contribution in [1.29, 1.82) is 0 Å². The molecule has 2 rings (SSSR count). The van der Waals surface area contributed by atoms with E-state index in [0.29, 0.717) is 10.6 Å². The minimum atomic E-state index is -0.285. The molecule has 0 spiro atoms. The molecule has 0 aliphatic rings. The van der Waals surface area contributed by atoms with Gasteiger partial charge in [0, 0.05) is 29.8 Å². The van der Waals surface area contributed by atoms with Crippen LogP contribution in [0.4, 0.5) is 10.1 Å². The van der Waals surface area contributed by atoms with Crippen LogP contribution in [-0.2, 0) is 16.0 Å². The van der Waals surface area contributed by atoms with Crippen molar-refractivity contribution >= 4 is 29.3 Å². The van der Waals surface area contributed by atoms with Gasteiger partial charge in [-0.05, 0) is 30.2 Å². The van der Waals surface area contributed by atoms with Crippen LogP contribution in [0.1, 0.15) is 18.9 Å². The van der Waals surface area contributed by atoms with E-state index in [2.05, 4.69) is 5.32 Å². The zero-order chi connectivity index (χ0) is 18.9. The van der Waals surface area contributed by atoms with Crippen LogP contribution in [0, 0.1) is 5.82 Å². The normalized spacial score (nSPS) is 10.4. The van der Waals surface area contributed by atoms with Crippen LogP contribution in [0.3, 0.4) is 0 Å². The number of nitrogens with zero attached hydrogens (tertiary/aromatic N) is 1. The predicted molar refractivity (Wildman–Crippen MR) is 104 cm³/mol. The van der Waals surface area contributed by atoms with Gasteiger partial charge in [-0.2, -0.15) is 0 Å². The second kappa shape index (κ2) is 9.97. The van der Waals surface area contributed by atoms with Gasteiger partial charge in [-0.15, -0.1) is 11.8 Å². The third-order valence-corrected chi connectivity index (χ3v) is 4.94. The van der Waals surface area contributed by atoms with E-state index >= 15 is 0 Å². The average molecular weight is 374 g/mol. The Hall–Kier alpha value is -2.34. The number of nitrogens with one attached hydrogen (secondary N) is 1. The SMILES string of the molecule is CCc1ccccc1NC(=O)CN(C)C(=O)CCSc1ccccc1F. The molecule has 26 heavy (non-hydrogen) atoms. The smallest absolute Gasteiger partial charge is 0.243 e. The summed E-state index contributed by atoms with van der Waals surface area (Å²) in [7, 11) is 1.60. The third-order valence-electron chi connectivity index (χ3n) is 3.89. The number of amides is 2. The number of aryl methyl sites for hydroxylation is 1. The van der Waals surface area contributed by atoms with Gasteiger partial charge in [0.05, 0.1) is 6.54 Å². The number of thioether (sulfide) groups is 1. The summed E-state index contributed by atoms with van der Waals surface area (Å²) in [6.45, 7) is 2.01. The molecule has 0 unspecified atom stereocenters. The zero-order valence-corrected chi connectivity index (χ0v) is 15.8. The number of para-hydroxylation sites is 1.